The van der Waals surface area contributed by atoms with Crippen molar-refractivity contribution in [1.29, 1.82) is 0 Å². The van der Waals surface area contributed by atoms with Gasteiger partial charge in [0.15, 0.2) is 0 Å². The average molecular weight is 279 g/mol. The molecule has 4 nitrogen and oxygen atoms in total. The van der Waals surface area contributed by atoms with E-state index in [2.05, 4.69) is 5.32 Å². The fourth-order valence-electron chi connectivity index (χ4n) is 1.49. The number of carboxylic acid groups (broad SMARTS) is 1. The minimum atomic E-state index is -1.02. The number of rotatable bonds is 4. The van der Waals surface area contributed by atoms with Gasteiger partial charge in [0.05, 0.1) is 11.4 Å². The predicted octanol–water partition coefficient (Wildman–Crippen LogP) is 2.77. The van der Waals surface area contributed by atoms with Crippen molar-refractivity contribution in [3.8, 4) is 0 Å². The van der Waals surface area contributed by atoms with Crippen molar-refractivity contribution >= 4 is 28.2 Å². The van der Waals surface area contributed by atoms with Gasteiger partial charge >= 0.3 is 5.97 Å². The lowest BCUT2D eigenvalue weighted by atomic mass is 10.1. The van der Waals surface area contributed by atoms with Gasteiger partial charge in [-0.15, -0.1) is 11.3 Å². The third-order valence-corrected chi connectivity index (χ3v) is 3.35. The Kier molecular flexibility index (Phi) is 3.91. The molecule has 0 aliphatic heterocycles. The van der Waals surface area contributed by atoms with Crippen molar-refractivity contribution in [2.75, 3.05) is 5.32 Å². The highest BCUT2D eigenvalue weighted by Gasteiger charge is 2.09. The number of aromatic carboxylic acids is 1. The number of carbonyl (C=O) groups excluding carboxylic acids is 1. The summed E-state index contributed by atoms with van der Waals surface area (Å²) in [7, 11) is 0. The molecule has 0 unspecified atom stereocenters. The van der Waals surface area contributed by atoms with Gasteiger partial charge in [-0.25, -0.2) is 9.18 Å². The molecule has 1 aromatic carbocycles. The monoisotopic (exact) mass is 279 g/mol. The van der Waals surface area contributed by atoms with Crippen LogP contribution in [0.15, 0.2) is 36.4 Å². The average Bonchev–Trinajstić information content (AvgIpc) is 2.80. The highest BCUT2D eigenvalue weighted by molar-refractivity contribution is 7.18. The number of nitrogens with one attached hydrogen (secondary N) is 1. The summed E-state index contributed by atoms with van der Waals surface area (Å²) in [6, 6.07) is 8.61. The van der Waals surface area contributed by atoms with Crippen LogP contribution in [0.25, 0.3) is 0 Å². The third-order valence-electron chi connectivity index (χ3n) is 2.36. The zero-order valence-electron chi connectivity index (χ0n) is 9.72. The van der Waals surface area contributed by atoms with Gasteiger partial charge in [0.2, 0.25) is 5.91 Å². The molecule has 2 rings (SSSR count). The Balaban J connectivity index is 1.97. The molecule has 0 atom stereocenters. The molecule has 2 aromatic rings. The van der Waals surface area contributed by atoms with Crippen LogP contribution in [0.3, 0.4) is 0 Å². The van der Waals surface area contributed by atoms with Crippen molar-refractivity contribution in [3.05, 3.63) is 52.7 Å². The van der Waals surface area contributed by atoms with Gasteiger partial charge in [-0.05, 0) is 29.8 Å². The van der Waals surface area contributed by atoms with E-state index in [0.717, 1.165) is 11.3 Å². The van der Waals surface area contributed by atoms with E-state index >= 15 is 0 Å². The van der Waals surface area contributed by atoms with Crippen LogP contribution in [0.1, 0.15) is 15.2 Å². The summed E-state index contributed by atoms with van der Waals surface area (Å²) in [4.78, 5) is 22.5. The molecule has 1 amide bonds. The Bertz CT molecular complexity index is 607. The first-order chi connectivity index (χ1) is 9.04. The molecular formula is C13H10FNO3S. The summed E-state index contributed by atoms with van der Waals surface area (Å²) in [5.41, 5.74) is 0.689. The standard InChI is InChI=1S/C13H10FNO3S/c14-9-3-1-8(2-4-9)7-11(16)15-12-6-5-10(19-12)13(17)18/h1-6H,7H2,(H,15,16)(H,17,18). The molecule has 2 N–H and O–H groups in total. The van der Waals surface area contributed by atoms with Crippen LogP contribution in [0.4, 0.5) is 9.39 Å². The van der Waals surface area contributed by atoms with Crippen LogP contribution in [0, 0.1) is 5.82 Å². The Morgan fingerprint density at radius 2 is 1.84 bits per heavy atom. The number of carboxylic acids is 1. The van der Waals surface area contributed by atoms with E-state index in [-0.39, 0.29) is 23.0 Å². The quantitative estimate of drug-likeness (QED) is 0.904. The minimum Gasteiger partial charge on any atom is -0.477 e. The second kappa shape index (κ2) is 5.62. The van der Waals surface area contributed by atoms with Gasteiger partial charge in [0.25, 0.3) is 0 Å². The number of anilines is 1. The fraction of sp³-hybridized carbons (Fsp3) is 0.0769. The number of carbonyl (C=O) groups is 2. The van der Waals surface area contributed by atoms with Gasteiger partial charge in [-0.1, -0.05) is 12.1 Å². The SMILES string of the molecule is O=C(Cc1ccc(F)cc1)Nc1ccc(C(=O)O)s1. The van der Waals surface area contributed by atoms with Crippen molar-refractivity contribution in [2.45, 2.75) is 6.42 Å². The molecule has 6 heteroatoms. The van der Waals surface area contributed by atoms with Gasteiger partial charge < -0.3 is 10.4 Å². The first-order valence-corrected chi connectivity index (χ1v) is 6.23. The summed E-state index contributed by atoms with van der Waals surface area (Å²) in [6.07, 6.45) is 0.112. The van der Waals surface area contributed by atoms with Crippen LogP contribution >= 0.6 is 11.3 Å². The van der Waals surface area contributed by atoms with E-state index in [9.17, 15) is 14.0 Å². The predicted molar refractivity (Wildman–Crippen MR) is 70.0 cm³/mol. The van der Waals surface area contributed by atoms with E-state index in [0.29, 0.717) is 10.6 Å². The van der Waals surface area contributed by atoms with E-state index in [4.69, 9.17) is 5.11 Å². The smallest absolute Gasteiger partial charge is 0.345 e. The van der Waals surface area contributed by atoms with Gasteiger partial charge in [-0.2, -0.15) is 0 Å². The first kappa shape index (κ1) is 13.2. The lowest BCUT2D eigenvalue weighted by molar-refractivity contribution is -0.115. The van der Waals surface area contributed by atoms with Crippen LogP contribution in [-0.2, 0) is 11.2 Å². The van der Waals surface area contributed by atoms with E-state index < -0.39 is 5.97 Å². The highest BCUT2D eigenvalue weighted by atomic mass is 32.1. The van der Waals surface area contributed by atoms with Crippen LogP contribution in [0.5, 0.6) is 0 Å². The number of hydrogen-bond donors (Lipinski definition) is 2. The molecule has 0 bridgehead atoms. The lowest BCUT2D eigenvalue weighted by Gasteiger charge is -2.02. The largest absolute Gasteiger partial charge is 0.477 e. The summed E-state index contributed by atoms with van der Waals surface area (Å²) < 4.78 is 12.7. The fourth-order valence-corrected chi connectivity index (χ4v) is 2.25. The Hall–Kier alpha value is -2.21. The lowest BCUT2D eigenvalue weighted by Crippen LogP contribution is -2.13. The van der Waals surface area contributed by atoms with Crippen molar-refractivity contribution < 1.29 is 19.1 Å². The third kappa shape index (κ3) is 3.62. The van der Waals surface area contributed by atoms with Crippen molar-refractivity contribution in [1.82, 2.24) is 0 Å². The van der Waals surface area contributed by atoms with Crippen molar-refractivity contribution in [3.63, 3.8) is 0 Å². The van der Waals surface area contributed by atoms with Crippen LogP contribution < -0.4 is 5.32 Å². The van der Waals surface area contributed by atoms with Crippen molar-refractivity contribution in [2.24, 2.45) is 0 Å². The van der Waals surface area contributed by atoms with Gasteiger partial charge in [0.1, 0.15) is 10.7 Å². The maximum absolute atomic E-state index is 12.7. The molecule has 19 heavy (non-hydrogen) atoms. The minimum absolute atomic E-state index is 0.112. The Morgan fingerprint density at radius 3 is 2.42 bits per heavy atom. The summed E-state index contributed by atoms with van der Waals surface area (Å²) in [6.45, 7) is 0. The molecule has 0 radical (unpaired) electrons. The number of benzene rings is 1. The van der Waals surface area contributed by atoms with E-state index in [1.807, 2.05) is 0 Å². The molecule has 1 aromatic heterocycles. The second-order valence-electron chi connectivity index (χ2n) is 3.82. The number of thiophene rings is 1. The molecule has 0 spiro atoms. The molecule has 0 fully saturated rings. The first-order valence-electron chi connectivity index (χ1n) is 5.42. The zero-order valence-corrected chi connectivity index (χ0v) is 10.5. The highest BCUT2D eigenvalue weighted by Crippen LogP contribution is 2.21. The molecule has 98 valence electrons. The van der Waals surface area contributed by atoms with Gasteiger partial charge in [0, 0.05) is 0 Å². The Labute approximate surface area is 112 Å². The van der Waals surface area contributed by atoms with Gasteiger partial charge in [-0.3, -0.25) is 4.79 Å². The summed E-state index contributed by atoms with van der Waals surface area (Å²) in [5, 5.41) is 11.8. The van der Waals surface area contributed by atoms with E-state index in [1.54, 1.807) is 0 Å². The maximum atomic E-state index is 12.7. The normalized spacial score (nSPS) is 10.2. The van der Waals surface area contributed by atoms with Crippen LogP contribution in [-0.4, -0.2) is 17.0 Å². The number of halogens is 1. The topological polar surface area (TPSA) is 66.4 Å². The zero-order chi connectivity index (χ0) is 13.8. The summed E-state index contributed by atoms with van der Waals surface area (Å²) in [5.74, 6) is -1.65. The van der Waals surface area contributed by atoms with E-state index in [1.165, 1.54) is 36.4 Å². The molecule has 0 aliphatic carbocycles. The number of hydrogen-bond acceptors (Lipinski definition) is 3. The molecule has 0 saturated heterocycles. The molecular weight excluding hydrogens is 269 g/mol. The number of amides is 1. The molecule has 1 heterocycles. The van der Waals surface area contributed by atoms with Crippen LogP contribution in [0.2, 0.25) is 0 Å². The maximum Gasteiger partial charge on any atom is 0.345 e. The molecule has 0 saturated carbocycles. The Morgan fingerprint density at radius 1 is 1.16 bits per heavy atom. The molecule has 0 aliphatic rings. The second-order valence-corrected chi connectivity index (χ2v) is 4.90. The summed E-state index contributed by atoms with van der Waals surface area (Å²) >= 11 is 0.991.